The summed E-state index contributed by atoms with van der Waals surface area (Å²) in [7, 11) is -0.429. The molecule has 1 aliphatic rings. The summed E-state index contributed by atoms with van der Waals surface area (Å²) in [6.45, 7) is 0. The van der Waals surface area contributed by atoms with Gasteiger partial charge in [0.2, 0.25) is 10.0 Å². The Balaban J connectivity index is 2.03. The van der Waals surface area contributed by atoms with Gasteiger partial charge < -0.3 is 10.0 Å². The van der Waals surface area contributed by atoms with Crippen LogP contribution >= 0.6 is 0 Å². The molecule has 0 unspecified atom stereocenters. The van der Waals surface area contributed by atoms with Crippen molar-refractivity contribution in [1.82, 2.24) is 9.62 Å². The molecule has 24 heavy (non-hydrogen) atoms. The van der Waals surface area contributed by atoms with E-state index < -0.39 is 16.0 Å². The van der Waals surface area contributed by atoms with Gasteiger partial charge in [-0.2, -0.15) is 0 Å². The Morgan fingerprint density at radius 1 is 1.08 bits per heavy atom. The third kappa shape index (κ3) is 4.33. The number of carbonyl (C=O) groups excluding carboxylic acids is 1. The summed E-state index contributed by atoms with van der Waals surface area (Å²) in [4.78, 5) is 24.3. The molecule has 2 rings (SSSR count). The SMILES string of the molecule is CN(C)C(=O)c1ccc(S(=O)(=O)NC2CCC(C(=O)O)CC2)cc1. The molecule has 1 saturated carbocycles. The van der Waals surface area contributed by atoms with Gasteiger partial charge in [0.25, 0.3) is 5.91 Å². The molecule has 1 fully saturated rings. The van der Waals surface area contributed by atoms with Crippen LogP contribution in [0, 0.1) is 5.92 Å². The van der Waals surface area contributed by atoms with Gasteiger partial charge in [-0.05, 0) is 49.9 Å². The number of nitrogens with one attached hydrogen (secondary N) is 1. The summed E-state index contributed by atoms with van der Waals surface area (Å²) >= 11 is 0. The summed E-state index contributed by atoms with van der Waals surface area (Å²) < 4.78 is 27.4. The fraction of sp³-hybridized carbons (Fsp3) is 0.500. The Morgan fingerprint density at radius 2 is 1.62 bits per heavy atom. The smallest absolute Gasteiger partial charge is 0.306 e. The maximum absolute atomic E-state index is 12.4. The minimum Gasteiger partial charge on any atom is -0.481 e. The first-order valence-electron chi connectivity index (χ1n) is 7.77. The van der Waals surface area contributed by atoms with Crippen LogP contribution < -0.4 is 4.72 Å². The van der Waals surface area contributed by atoms with E-state index in [1.165, 1.54) is 29.2 Å². The Kier molecular flexibility index (Phi) is 5.61. The van der Waals surface area contributed by atoms with Crippen molar-refractivity contribution in [3.63, 3.8) is 0 Å². The number of amides is 1. The number of carboxylic acid groups (broad SMARTS) is 1. The number of sulfonamides is 1. The Bertz CT molecular complexity index is 704. The van der Waals surface area contributed by atoms with Gasteiger partial charge in [0.15, 0.2) is 0 Å². The second-order valence-electron chi connectivity index (χ2n) is 6.23. The zero-order valence-corrected chi connectivity index (χ0v) is 14.5. The highest BCUT2D eigenvalue weighted by Gasteiger charge is 2.28. The molecule has 132 valence electrons. The first kappa shape index (κ1) is 18.4. The van der Waals surface area contributed by atoms with Crippen molar-refractivity contribution in [2.24, 2.45) is 5.92 Å². The number of rotatable bonds is 5. The highest BCUT2D eigenvalue weighted by Crippen LogP contribution is 2.25. The number of carbonyl (C=O) groups is 2. The third-order valence-electron chi connectivity index (χ3n) is 4.22. The van der Waals surface area contributed by atoms with Crippen LogP contribution in [0.15, 0.2) is 29.2 Å². The first-order valence-corrected chi connectivity index (χ1v) is 9.26. The van der Waals surface area contributed by atoms with E-state index in [0.717, 1.165) is 0 Å². The summed E-state index contributed by atoms with van der Waals surface area (Å²) in [6.07, 6.45) is 1.96. The molecule has 1 aliphatic carbocycles. The van der Waals surface area contributed by atoms with Gasteiger partial charge >= 0.3 is 5.97 Å². The summed E-state index contributed by atoms with van der Waals surface area (Å²) in [6, 6.07) is 5.52. The van der Waals surface area contributed by atoms with Crippen molar-refractivity contribution in [3.8, 4) is 0 Å². The highest BCUT2D eigenvalue weighted by atomic mass is 32.2. The lowest BCUT2D eigenvalue weighted by Gasteiger charge is -2.26. The predicted octanol–water partition coefficient (Wildman–Crippen LogP) is 1.31. The van der Waals surface area contributed by atoms with Crippen LogP contribution in [0.1, 0.15) is 36.0 Å². The van der Waals surface area contributed by atoms with Crippen molar-refractivity contribution in [2.75, 3.05) is 14.1 Å². The molecule has 0 atom stereocenters. The molecular formula is C16H22N2O5S. The average Bonchev–Trinajstić information content (AvgIpc) is 2.54. The van der Waals surface area contributed by atoms with Crippen LogP contribution in [0.4, 0.5) is 0 Å². The van der Waals surface area contributed by atoms with Crippen LogP contribution in [0.2, 0.25) is 0 Å². The van der Waals surface area contributed by atoms with Crippen molar-refractivity contribution in [3.05, 3.63) is 29.8 Å². The normalized spacial score (nSPS) is 21.2. The van der Waals surface area contributed by atoms with Gasteiger partial charge in [0.05, 0.1) is 10.8 Å². The molecule has 0 heterocycles. The van der Waals surface area contributed by atoms with Crippen LogP contribution in [-0.4, -0.2) is 50.4 Å². The zero-order chi connectivity index (χ0) is 17.9. The van der Waals surface area contributed by atoms with E-state index in [1.54, 1.807) is 14.1 Å². The van der Waals surface area contributed by atoms with E-state index >= 15 is 0 Å². The summed E-state index contributed by atoms with van der Waals surface area (Å²) in [5.41, 5.74) is 0.418. The number of aliphatic carboxylic acids is 1. The molecule has 1 aromatic carbocycles. The van der Waals surface area contributed by atoms with Crippen LogP contribution in [0.25, 0.3) is 0 Å². The van der Waals surface area contributed by atoms with E-state index in [4.69, 9.17) is 5.11 Å². The lowest BCUT2D eigenvalue weighted by atomic mass is 9.87. The Labute approximate surface area is 141 Å². The van der Waals surface area contributed by atoms with E-state index in [2.05, 4.69) is 4.72 Å². The number of benzene rings is 1. The predicted molar refractivity (Wildman–Crippen MR) is 88.2 cm³/mol. The van der Waals surface area contributed by atoms with Gasteiger partial charge in [-0.15, -0.1) is 0 Å². The fourth-order valence-corrected chi connectivity index (χ4v) is 4.09. The van der Waals surface area contributed by atoms with E-state index in [9.17, 15) is 18.0 Å². The second kappa shape index (κ2) is 7.31. The van der Waals surface area contributed by atoms with Crippen LogP contribution in [0.3, 0.4) is 0 Å². The topological polar surface area (TPSA) is 104 Å². The maximum Gasteiger partial charge on any atom is 0.306 e. The lowest BCUT2D eigenvalue weighted by Crippen LogP contribution is -2.38. The van der Waals surface area contributed by atoms with E-state index in [1.807, 2.05) is 0 Å². The number of hydrogen-bond acceptors (Lipinski definition) is 4. The lowest BCUT2D eigenvalue weighted by molar-refractivity contribution is -0.142. The highest BCUT2D eigenvalue weighted by molar-refractivity contribution is 7.89. The van der Waals surface area contributed by atoms with Crippen LogP contribution in [0.5, 0.6) is 0 Å². The molecule has 0 saturated heterocycles. The van der Waals surface area contributed by atoms with Crippen molar-refractivity contribution in [1.29, 1.82) is 0 Å². The quantitative estimate of drug-likeness (QED) is 0.830. The Hall–Kier alpha value is -1.93. The molecule has 0 aliphatic heterocycles. The molecule has 0 radical (unpaired) electrons. The largest absolute Gasteiger partial charge is 0.481 e. The molecule has 7 nitrogen and oxygen atoms in total. The van der Waals surface area contributed by atoms with E-state index in [-0.39, 0.29) is 22.8 Å². The van der Waals surface area contributed by atoms with Gasteiger partial charge in [0, 0.05) is 25.7 Å². The van der Waals surface area contributed by atoms with Gasteiger partial charge in [-0.3, -0.25) is 9.59 Å². The van der Waals surface area contributed by atoms with Crippen LogP contribution in [-0.2, 0) is 14.8 Å². The second-order valence-corrected chi connectivity index (χ2v) is 7.95. The molecule has 8 heteroatoms. The average molecular weight is 354 g/mol. The minimum absolute atomic E-state index is 0.0955. The third-order valence-corrected chi connectivity index (χ3v) is 5.75. The molecule has 0 spiro atoms. The van der Waals surface area contributed by atoms with Gasteiger partial charge in [-0.25, -0.2) is 13.1 Å². The monoisotopic (exact) mass is 354 g/mol. The fourth-order valence-electron chi connectivity index (χ4n) is 2.78. The summed E-state index contributed by atoms with van der Waals surface area (Å²) in [5, 5.41) is 8.98. The van der Waals surface area contributed by atoms with E-state index in [0.29, 0.717) is 31.2 Å². The maximum atomic E-state index is 12.4. The van der Waals surface area contributed by atoms with Crippen molar-refractivity contribution < 1.29 is 23.1 Å². The molecule has 1 aromatic rings. The van der Waals surface area contributed by atoms with Crippen molar-refractivity contribution >= 4 is 21.9 Å². The standard InChI is InChI=1S/C16H22N2O5S/c1-18(2)15(19)11-5-9-14(10-6-11)24(22,23)17-13-7-3-12(4-8-13)16(20)21/h5-6,9-10,12-13,17H,3-4,7-8H2,1-2H3,(H,20,21). The van der Waals surface area contributed by atoms with Crippen molar-refractivity contribution in [2.45, 2.75) is 36.6 Å². The molecule has 0 aromatic heterocycles. The summed E-state index contributed by atoms with van der Waals surface area (Å²) in [5.74, 6) is -1.40. The molecule has 2 N–H and O–H groups in total. The molecule has 1 amide bonds. The molecular weight excluding hydrogens is 332 g/mol. The zero-order valence-electron chi connectivity index (χ0n) is 13.7. The van der Waals surface area contributed by atoms with Gasteiger partial charge in [0.1, 0.15) is 0 Å². The Morgan fingerprint density at radius 3 is 2.08 bits per heavy atom. The molecule has 0 bridgehead atoms. The number of hydrogen-bond donors (Lipinski definition) is 2. The minimum atomic E-state index is -3.68. The van der Waals surface area contributed by atoms with Gasteiger partial charge in [-0.1, -0.05) is 0 Å². The number of nitrogens with zero attached hydrogens (tertiary/aromatic N) is 1. The first-order chi connectivity index (χ1) is 11.2. The number of carboxylic acids is 1.